The van der Waals surface area contributed by atoms with Crippen LogP contribution in [0.4, 0.5) is 18.0 Å². The van der Waals surface area contributed by atoms with Gasteiger partial charge in [-0.1, -0.05) is 23.7 Å². The summed E-state index contributed by atoms with van der Waals surface area (Å²) in [5, 5.41) is 13.7. The number of pyridine rings is 1. The molecule has 2 aromatic rings. The molecule has 0 saturated carbocycles. The SMILES string of the molecule is CC1C(=O)NCCN1C(=O)NC(c1ccc(C#N)cc1)c1ccc(Cl)c(C(F)(F)F)n1. The highest BCUT2D eigenvalue weighted by molar-refractivity contribution is 6.31. The van der Waals surface area contributed by atoms with E-state index in [1.165, 1.54) is 35.2 Å². The summed E-state index contributed by atoms with van der Waals surface area (Å²) in [6.07, 6.45) is -4.79. The topological polar surface area (TPSA) is 98.1 Å². The smallest absolute Gasteiger partial charge is 0.353 e. The molecule has 31 heavy (non-hydrogen) atoms. The second-order valence-corrected chi connectivity index (χ2v) is 7.25. The summed E-state index contributed by atoms with van der Waals surface area (Å²) < 4.78 is 40.0. The summed E-state index contributed by atoms with van der Waals surface area (Å²) in [5.74, 6) is -0.333. The van der Waals surface area contributed by atoms with Crippen LogP contribution in [0.5, 0.6) is 0 Å². The predicted molar refractivity (Wildman–Crippen MR) is 105 cm³/mol. The minimum absolute atomic E-state index is 0.0936. The van der Waals surface area contributed by atoms with Crippen LogP contribution >= 0.6 is 11.6 Å². The molecule has 0 spiro atoms. The molecule has 0 radical (unpaired) electrons. The number of carbonyl (C=O) groups is 2. The Bertz CT molecular complexity index is 1040. The molecule has 1 saturated heterocycles. The van der Waals surface area contributed by atoms with Gasteiger partial charge in [-0.25, -0.2) is 9.78 Å². The Kier molecular flexibility index (Phi) is 6.36. The molecule has 2 N–H and O–H groups in total. The Morgan fingerprint density at radius 1 is 1.32 bits per heavy atom. The molecule has 1 aliphatic heterocycles. The third-order valence-corrected chi connectivity index (χ3v) is 5.14. The van der Waals surface area contributed by atoms with E-state index in [0.717, 1.165) is 6.07 Å². The van der Waals surface area contributed by atoms with Crippen molar-refractivity contribution in [2.75, 3.05) is 13.1 Å². The van der Waals surface area contributed by atoms with E-state index >= 15 is 0 Å². The van der Waals surface area contributed by atoms with Crippen LogP contribution in [0.1, 0.15) is 35.5 Å². The zero-order chi connectivity index (χ0) is 22.8. The Labute approximate surface area is 180 Å². The van der Waals surface area contributed by atoms with Gasteiger partial charge in [-0.05, 0) is 36.8 Å². The molecule has 2 heterocycles. The van der Waals surface area contributed by atoms with E-state index in [1.54, 1.807) is 6.92 Å². The first-order valence-corrected chi connectivity index (χ1v) is 9.58. The Morgan fingerprint density at radius 2 is 2.00 bits per heavy atom. The monoisotopic (exact) mass is 451 g/mol. The van der Waals surface area contributed by atoms with Crippen molar-refractivity contribution in [1.82, 2.24) is 20.5 Å². The molecule has 3 amide bonds. The number of benzene rings is 1. The summed E-state index contributed by atoms with van der Waals surface area (Å²) in [6.45, 7) is 2.04. The van der Waals surface area contributed by atoms with Crippen molar-refractivity contribution < 1.29 is 22.8 Å². The fraction of sp³-hybridized carbons (Fsp3) is 0.300. The number of amides is 3. The first kappa shape index (κ1) is 22.4. The van der Waals surface area contributed by atoms with Crippen LogP contribution in [-0.4, -0.2) is 41.0 Å². The van der Waals surface area contributed by atoms with E-state index in [0.29, 0.717) is 11.1 Å². The highest BCUT2D eigenvalue weighted by Gasteiger charge is 2.37. The first-order chi connectivity index (χ1) is 14.6. The maximum absolute atomic E-state index is 13.3. The Balaban J connectivity index is 2.00. The molecule has 3 rings (SSSR count). The summed E-state index contributed by atoms with van der Waals surface area (Å²) in [7, 11) is 0. The Morgan fingerprint density at radius 3 is 2.61 bits per heavy atom. The minimum atomic E-state index is -4.79. The minimum Gasteiger partial charge on any atom is -0.353 e. The van der Waals surface area contributed by atoms with E-state index in [1.807, 2.05) is 6.07 Å². The van der Waals surface area contributed by atoms with Gasteiger partial charge in [0.1, 0.15) is 6.04 Å². The number of urea groups is 1. The van der Waals surface area contributed by atoms with Gasteiger partial charge in [0.05, 0.1) is 28.4 Å². The van der Waals surface area contributed by atoms with Crippen molar-refractivity contribution in [3.8, 4) is 6.07 Å². The number of hydrogen-bond acceptors (Lipinski definition) is 4. The molecular weight excluding hydrogens is 435 g/mol. The van der Waals surface area contributed by atoms with Gasteiger partial charge in [-0.3, -0.25) is 4.79 Å². The number of hydrogen-bond donors (Lipinski definition) is 2. The van der Waals surface area contributed by atoms with Crippen molar-refractivity contribution in [2.45, 2.75) is 25.2 Å². The third-order valence-electron chi connectivity index (χ3n) is 4.83. The molecule has 2 unspecified atom stereocenters. The fourth-order valence-corrected chi connectivity index (χ4v) is 3.37. The summed E-state index contributed by atoms with van der Waals surface area (Å²) in [6, 6.07) is 7.82. The van der Waals surface area contributed by atoms with Crippen LogP contribution in [0, 0.1) is 11.3 Å². The zero-order valence-electron chi connectivity index (χ0n) is 16.2. The van der Waals surface area contributed by atoms with Crippen LogP contribution < -0.4 is 10.6 Å². The van der Waals surface area contributed by atoms with Crippen molar-refractivity contribution in [1.29, 1.82) is 5.26 Å². The van der Waals surface area contributed by atoms with Gasteiger partial charge in [0, 0.05) is 13.1 Å². The van der Waals surface area contributed by atoms with E-state index in [9.17, 15) is 22.8 Å². The summed E-state index contributed by atoms with van der Waals surface area (Å²) in [4.78, 5) is 29.7. The van der Waals surface area contributed by atoms with Crippen molar-refractivity contribution in [3.63, 3.8) is 0 Å². The number of carbonyl (C=O) groups excluding carboxylic acids is 2. The van der Waals surface area contributed by atoms with Gasteiger partial charge in [0.15, 0.2) is 5.69 Å². The molecule has 1 aromatic carbocycles. The predicted octanol–water partition coefficient (Wildman–Crippen LogP) is 3.24. The highest BCUT2D eigenvalue weighted by atomic mass is 35.5. The molecule has 2 atom stereocenters. The van der Waals surface area contributed by atoms with Crippen LogP contribution in [0.15, 0.2) is 36.4 Å². The summed E-state index contributed by atoms with van der Waals surface area (Å²) in [5.41, 5.74) is -0.617. The average molecular weight is 452 g/mol. The normalized spacial score (nSPS) is 17.5. The largest absolute Gasteiger partial charge is 0.434 e. The lowest BCUT2D eigenvalue weighted by Gasteiger charge is -2.34. The number of piperazine rings is 1. The highest BCUT2D eigenvalue weighted by Crippen LogP contribution is 2.34. The second-order valence-electron chi connectivity index (χ2n) is 6.84. The lowest BCUT2D eigenvalue weighted by Crippen LogP contribution is -2.58. The van der Waals surface area contributed by atoms with Gasteiger partial charge < -0.3 is 15.5 Å². The van der Waals surface area contributed by atoms with E-state index in [4.69, 9.17) is 16.9 Å². The maximum Gasteiger partial charge on any atom is 0.434 e. The van der Waals surface area contributed by atoms with Gasteiger partial charge in [0.25, 0.3) is 0 Å². The molecule has 11 heteroatoms. The molecule has 1 aromatic heterocycles. The quantitative estimate of drug-likeness (QED) is 0.748. The van der Waals surface area contributed by atoms with Gasteiger partial charge in [-0.15, -0.1) is 0 Å². The lowest BCUT2D eigenvalue weighted by atomic mass is 10.0. The molecular formula is C20H17ClF3N5O2. The van der Waals surface area contributed by atoms with Gasteiger partial charge in [0.2, 0.25) is 5.91 Å². The van der Waals surface area contributed by atoms with Crippen LogP contribution in [-0.2, 0) is 11.0 Å². The average Bonchev–Trinajstić information content (AvgIpc) is 2.73. The standard InChI is InChI=1S/C20H17ClF3N5O2/c1-11-18(30)26-8-9-29(11)19(31)28-16(13-4-2-12(10-25)3-5-13)15-7-6-14(21)17(27-15)20(22,23)24/h2-7,11,16H,8-9H2,1H3,(H,26,30)(H,28,31). The number of alkyl halides is 3. The first-order valence-electron chi connectivity index (χ1n) is 9.20. The van der Waals surface area contributed by atoms with Crippen LogP contribution in [0.25, 0.3) is 0 Å². The number of aromatic nitrogens is 1. The molecule has 1 aliphatic rings. The number of nitrogens with zero attached hydrogens (tertiary/aromatic N) is 3. The number of halogens is 4. The van der Waals surface area contributed by atoms with E-state index in [-0.39, 0.29) is 24.7 Å². The van der Waals surface area contributed by atoms with E-state index < -0.39 is 35.0 Å². The molecule has 1 fully saturated rings. The second kappa shape index (κ2) is 8.81. The van der Waals surface area contributed by atoms with Crippen LogP contribution in [0.3, 0.4) is 0 Å². The zero-order valence-corrected chi connectivity index (χ0v) is 17.0. The molecule has 7 nitrogen and oxygen atoms in total. The van der Waals surface area contributed by atoms with Crippen molar-refractivity contribution in [3.05, 3.63) is 63.9 Å². The van der Waals surface area contributed by atoms with Gasteiger partial charge in [-0.2, -0.15) is 18.4 Å². The van der Waals surface area contributed by atoms with Gasteiger partial charge >= 0.3 is 12.2 Å². The lowest BCUT2D eigenvalue weighted by molar-refractivity contribution is -0.141. The third kappa shape index (κ3) is 4.88. The van der Waals surface area contributed by atoms with Crippen LogP contribution in [0.2, 0.25) is 5.02 Å². The van der Waals surface area contributed by atoms with Crippen molar-refractivity contribution >= 4 is 23.5 Å². The maximum atomic E-state index is 13.3. The number of rotatable bonds is 3. The molecule has 0 aliphatic carbocycles. The van der Waals surface area contributed by atoms with E-state index in [2.05, 4.69) is 15.6 Å². The summed E-state index contributed by atoms with van der Waals surface area (Å²) >= 11 is 5.68. The molecule has 0 bridgehead atoms. The fourth-order valence-electron chi connectivity index (χ4n) is 3.16. The van der Waals surface area contributed by atoms with Crippen molar-refractivity contribution in [2.24, 2.45) is 0 Å². The Hall–Kier alpha value is -3.32. The molecule has 162 valence electrons. The number of nitriles is 1. The number of nitrogens with one attached hydrogen (secondary N) is 2.